The van der Waals surface area contributed by atoms with Gasteiger partial charge in [0.25, 0.3) is 0 Å². The quantitative estimate of drug-likeness (QED) is 0.451. The van der Waals surface area contributed by atoms with Gasteiger partial charge in [-0.25, -0.2) is 13.6 Å². The summed E-state index contributed by atoms with van der Waals surface area (Å²) in [5, 5.41) is 7.36. The highest BCUT2D eigenvalue weighted by Gasteiger charge is 2.26. The number of amides is 1. The molecule has 4 rings (SSSR count). The molecule has 0 saturated carbocycles. The molecule has 38 heavy (non-hydrogen) atoms. The first-order chi connectivity index (χ1) is 18.1. The number of nitrogens with one attached hydrogen (secondary N) is 1. The van der Waals surface area contributed by atoms with Gasteiger partial charge in [-0.1, -0.05) is 24.3 Å². The average molecular weight is 531 g/mol. The number of benzene rings is 2. The number of ether oxygens (including phenoxy) is 1. The first-order valence-electron chi connectivity index (χ1n) is 13.0. The largest absolute Gasteiger partial charge is 0.444 e. The third-order valence-electron chi connectivity index (χ3n) is 6.41. The van der Waals surface area contributed by atoms with Gasteiger partial charge in [-0.15, -0.1) is 0 Å². The SMILES string of the molecule is CC(C)(C)OC(=O)N1CCN(c2cccc(CF)c2)CC1.N=C(N)N1CCN(c2cccc(CF)c2)CC1. The Morgan fingerprint density at radius 1 is 0.816 bits per heavy atom. The van der Waals surface area contributed by atoms with Gasteiger partial charge in [0.1, 0.15) is 19.0 Å². The minimum atomic E-state index is -0.469. The van der Waals surface area contributed by atoms with Crippen LogP contribution in [0.4, 0.5) is 25.0 Å². The molecule has 2 saturated heterocycles. The lowest BCUT2D eigenvalue weighted by molar-refractivity contribution is 0.0240. The molecule has 10 heteroatoms. The van der Waals surface area contributed by atoms with E-state index in [0.29, 0.717) is 24.2 Å². The number of halogens is 2. The van der Waals surface area contributed by atoms with Crippen LogP contribution in [-0.2, 0) is 18.1 Å². The summed E-state index contributed by atoms with van der Waals surface area (Å²) in [5.41, 5.74) is 8.41. The topological polar surface area (TPSA) is 89.1 Å². The monoisotopic (exact) mass is 530 g/mol. The van der Waals surface area contributed by atoms with Gasteiger partial charge in [-0.05, 0) is 56.2 Å². The number of carbonyl (C=O) groups is 1. The Labute approximate surface area is 224 Å². The molecule has 0 spiro atoms. The van der Waals surface area contributed by atoms with E-state index in [4.69, 9.17) is 15.9 Å². The van der Waals surface area contributed by atoms with E-state index < -0.39 is 19.0 Å². The number of carbonyl (C=O) groups excluding carboxylic acids is 1. The van der Waals surface area contributed by atoms with Crippen molar-refractivity contribution in [3.05, 3.63) is 59.7 Å². The summed E-state index contributed by atoms with van der Waals surface area (Å²) < 4.78 is 30.7. The molecule has 0 aliphatic carbocycles. The predicted octanol–water partition coefficient (Wildman–Crippen LogP) is 4.38. The fraction of sp³-hybridized carbons (Fsp3) is 0.500. The Morgan fingerprint density at radius 2 is 1.24 bits per heavy atom. The van der Waals surface area contributed by atoms with Crippen LogP contribution in [0.5, 0.6) is 0 Å². The number of nitrogens with two attached hydrogens (primary N) is 1. The highest BCUT2D eigenvalue weighted by atomic mass is 19.1. The number of guanidine groups is 1. The number of hydrogen-bond acceptors (Lipinski definition) is 5. The van der Waals surface area contributed by atoms with Crippen LogP contribution in [0.3, 0.4) is 0 Å². The standard InChI is InChI=1S/C16H23FN2O2.C12H17FN4/c1-16(2,3)21-15(20)19-9-7-18(8-10-19)14-6-4-5-13(11-14)12-17;13-9-10-2-1-3-11(8-10)16-4-6-17(7-5-16)12(14)15/h4-6,11H,7-10,12H2,1-3H3;1-3,8H,4-7,9H2,(H3,14,15). The second kappa shape index (κ2) is 13.3. The second-order valence-electron chi connectivity index (χ2n) is 10.4. The molecule has 208 valence electrons. The third-order valence-corrected chi connectivity index (χ3v) is 6.41. The zero-order valence-corrected chi connectivity index (χ0v) is 22.6. The van der Waals surface area contributed by atoms with Crippen LogP contribution < -0.4 is 15.5 Å². The van der Waals surface area contributed by atoms with E-state index in [9.17, 15) is 13.6 Å². The van der Waals surface area contributed by atoms with Crippen molar-refractivity contribution in [3.63, 3.8) is 0 Å². The molecule has 0 bridgehead atoms. The molecule has 0 radical (unpaired) electrons. The fourth-order valence-electron chi connectivity index (χ4n) is 4.35. The fourth-order valence-corrected chi connectivity index (χ4v) is 4.35. The number of anilines is 2. The van der Waals surface area contributed by atoms with Crippen molar-refractivity contribution < 1.29 is 18.3 Å². The summed E-state index contributed by atoms with van der Waals surface area (Å²) in [7, 11) is 0. The molecule has 3 N–H and O–H groups in total. The van der Waals surface area contributed by atoms with Gasteiger partial charge >= 0.3 is 6.09 Å². The number of nitrogens with zero attached hydrogens (tertiary/aromatic N) is 4. The van der Waals surface area contributed by atoms with Crippen molar-refractivity contribution in [2.24, 2.45) is 5.73 Å². The predicted molar refractivity (Wildman–Crippen MR) is 148 cm³/mol. The van der Waals surface area contributed by atoms with Gasteiger partial charge in [0.2, 0.25) is 0 Å². The molecule has 0 aromatic heterocycles. The minimum absolute atomic E-state index is 0.127. The van der Waals surface area contributed by atoms with Crippen LogP contribution in [0, 0.1) is 5.41 Å². The Hall–Kier alpha value is -3.56. The Balaban J connectivity index is 0.000000215. The number of rotatable bonds is 4. The van der Waals surface area contributed by atoms with Crippen LogP contribution in [0.2, 0.25) is 0 Å². The summed E-state index contributed by atoms with van der Waals surface area (Å²) in [6.45, 7) is 10.5. The first-order valence-corrected chi connectivity index (χ1v) is 13.0. The van der Waals surface area contributed by atoms with Gasteiger partial charge in [0.15, 0.2) is 5.96 Å². The summed E-state index contributed by atoms with van der Waals surface area (Å²) in [5.74, 6) is 0.127. The zero-order chi connectivity index (χ0) is 27.7. The molecular formula is C28H40F2N6O2. The summed E-state index contributed by atoms with van der Waals surface area (Å²) in [6, 6.07) is 15.0. The van der Waals surface area contributed by atoms with Crippen LogP contribution in [0.15, 0.2) is 48.5 Å². The number of hydrogen-bond donors (Lipinski definition) is 2. The highest BCUT2D eigenvalue weighted by molar-refractivity contribution is 5.75. The van der Waals surface area contributed by atoms with Gasteiger partial charge in [0.05, 0.1) is 0 Å². The molecule has 2 aromatic carbocycles. The van der Waals surface area contributed by atoms with Crippen molar-refractivity contribution in [3.8, 4) is 0 Å². The maximum atomic E-state index is 12.7. The number of piperazine rings is 2. The molecule has 8 nitrogen and oxygen atoms in total. The van der Waals surface area contributed by atoms with E-state index in [1.807, 2.05) is 62.1 Å². The normalized spacial score (nSPS) is 16.0. The lowest BCUT2D eigenvalue weighted by atomic mass is 10.2. The lowest BCUT2D eigenvalue weighted by Crippen LogP contribution is -2.50. The minimum Gasteiger partial charge on any atom is -0.444 e. The van der Waals surface area contributed by atoms with Crippen molar-refractivity contribution in [2.45, 2.75) is 39.7 Å². The molecule has 0 unspecified atom stereocenters. The van der Waals surface area contributed by atoms with E-state index in [1.165, 1.54) is 0 Å². The Kier molecular flexibility index (Phi) is 10.2. The lowest BCUT2D eigenvalue weighted by Gasteiger charge is -2.36. The molecule has 2 aliphatic heterocycles. The maximum Gasteiger partial charge on any atom is 0.410 e. The first kappa shape index (κ1) is 29.0. The van der Waals surface area contributed by atoms with E-state index in [-0.39, 0.29) is 12.1 Å². The van der Waals surface area contributed by atoms with Crippen molar-refractivity contribution in [2.75, 3.05) is 62.2 Å². The second-order valence-corrected chi connectivity index (χ2v) is 10.4. The highest BCUT2D eigenvalue weighted by Crippen LogP contribution is 2.20. The number of alkyl halides is 2. The van der Waals surface area contributed by atoms with E-state index >= 15 is 0 Å². The average Bonchev–Trinajstić information content (AvgIpc) is 2.92. The molecular weight excluding hydrogens is 490 g/mol. The maximum absolute atomic E-state index is 12.7. The van der Waals surface area contributed by atoms with Crippen LogP contribution >= 0.6 is 0 Å². The van der Waals surface area contributed by atoms with Gasteiger partial charge in [-0.3, -0.25) is 5.41 Å². The van der Waals surface area contributed by atoms with Crippen molar-refractivity contribution in [1.29, 1.82) is 5.41 Å². The van der Waals surface area contributed by atoms with Gasteiger partial charge in [-0.2, -0.15) is 0 Å². The molecule has 2 aromatic rings. The van der Waals surface area contributed by atoms with E-state index in [0.717, 1.165) is 50.6 Å². The van der Waals surface area contributed by atoms with Gasteiger partial charge in [0, 0.05) is 63.7 Å². The molecule has 2 aliphatic rings. The third kappa shape index (κ3) is 8.49. The smallest absolute Gasteiger partial charge is 0.410 e. The Morgan fingerprint density at radius 3 is 1.61 bits per heavy atom. The molecule has 2 fully saturated rings. The van der Waals surface area contributed by atoms with Crippen LogP contribution in [0.1, 0.15) is 31.9 Å². The zero-order valence-electron chi connectivity index (χ0n) is 22.6. The summed E-state index contributed by atoms with van der Waals surface area (Å²) in [6.07, 6.45) is -0.264. The summed E-state index contributed by atoms with van der Waals surface area (Å²) >= 11 is 0. The van der Waals surface area contributed by atoms with Crippen molar-refractivity contribution in [1.82, 2.24) is 9.80 Å². The Bertz CT molecular complexity index is 1060. The van der Waals surface area contributed by atoms with E-state index in [1.54, 1.807) is 17.0 Å². The molecule has 2 heterocycles. The van der Waals surface area contributed by atoms with Gasteiger partial charge < -0.3 is 30.1 Å². The van der Waals surface area contributed by atoms with Crippen molar-refractivity contribution >= 4 is 23.4 Å². The molecule has 0 atom stereocenters. The van der Waals surface area contributed by atoms with Crippen LogP contribution in [0.25, 0.3) is 0 Å². The molecule has 1 amide bonds. The van der Waals surface area contributed by atoms with Crippen LogP contribution in [-0.4, -0.2) is 79.8 Å². The van der Waals surface area contributed by atoms with E-state index in [2.05, 4.69) is 9.80 Å². The summed E-state index contributed by atoms with van der Waals surface area (Å²) in [4.78, 5) is 19.9.